The molecule has 0 atom stereocenters. The van der Waals surface area contributed by atoms with Gasteiger partial charge in [-0.25, -0.2) is 9.99 Å². The lowest BCUT2D eigenvalue weighted by atomic mass is 10.1. The van der Waals surface area contributed by atoms with E-state index < -0.39 is 0 Å². The first-order valence-electron chi connectivity index (χ1n) is 10.3. The lowest BCUT2D eigenvalue weighted by Gasteiger charge is -2.15. The SMILES string of the molecule is CCCCCCN(N=Cc1cc2cc(O)ccc2cc1O)c1nc2ccccc2s1. The van der Waals surface area contributed by atoms with Crippen LogP contribution < -0.4 is 5.01 Å². The third kappa shape index (κ3) is 4.54. The van der Waals surface area contributed by atoms with Crippen LogP contribution in [0.2, 0.25) is 0 Å². The van der Waals surface area contributed by atoms with Gasteiger partial charge in [0, 0.05) is 12.1 Å². The molecule has 2 N–H and O–H groups in total. The van der Waals surface area contributed by atoms with Crippen molar-refractivity contribution in [2.45, 2.75) is 32.6 Å². The minimum Gasteiger partial charge on any atom is -0.508 e. The second-order valence-electron chi connectivity index (χ2n) is 7.34. The number of unbranched alkanes of at least 4 members (excludes halogenated alkanes) is 3. The summed E-state index contributed by atoms with van der Waals surface area (Å²) in [5.74, 6) is 0.357. The van der Waals surface area contributed by atoms with Gasteiger partial charge in [-0.1, -0.05) is 55.7 Å². The molecule has 0 saturated heterocycles. The van der Waals surface area contributed by atoms with E-state index in [1.807, 2.05) is 29.3 Å². The molecular weight excluding hydrogens is 394 g/mol. The van der Waals surface area contributed by atoms with E-state index in [9.17, 15) is 10.2 Å². The Morgan fingerprint density at radius 3 is 2.70 bits per heavy atom. The zero-order valence-corrected chi connectivity index (χ0v) is 17.8. The highest BCUT2D eigenvalue weighted by molar-refractivity contribution is 7.22. The maximum atomic E-state index is 10.4. The number of aromatic hydroxyl groups is 2. The van der Waals surface area contributed by atoms with Crippen LogP contribution in [0.3, 0.4) is 0 Å². The Morgan fingerprint density at radius 1 is 1.00 bits per heavy atom. The van der Waals surface area contributed by atoms with Crippen molar-refractivity contribution in [1.29, 1.82) is 0 Å². The van der Waals surface area contributed by atoms with E-state index in [0.717, 1.165) is 45.5 Å². The first-order chi connectivity index (χ1) is 14.6. The molecule has 3 aromatic carbocycles. The van der Waals surface area contributed by atoms with Gasteiger partial charge in [-0.05, 0) is 53.6 Å². The second kappa shape index (κ2) is 9.13. The molecule has 1 aromatic heterocycles. The molecule has 0 fully saturated rings. The van der Waals surface area contributed by atoms with Crippen LogP contribution in [0.15, 0.2) is 59.7 Å². The van der Waals surface area contributed by atoms with Crippen molar-refractivity contribution in [2.75, 3.05) is 11.6 Å². The Kier molecular flexibility index (Phi) is 6.14. The molecule has 5 nitrogen and oxygen atoms in total. The number of benzene rings is 3. The second-order valence-corrected chi connectivity index (χ2v) is 8.34. The molecule has 0 aliphatic rings. The van der Waals surface area contributed by atoms with Crippen LogP contribution in [-0.4, -0.2) is 28.0 Å². The van der Waals surface area contributed by atoms with Crippen molar-refractivity contribution in [1.82, 2.24) is 4.98 Å². The van der Waals surface area contributed by atoms with Gasteiger partial charge in [0.2, 0.25) is 5.13 Å². The van der Waals surface area contributed by atoms with Gasteiger partial charge >= 0.3 is 0 Å². The van der Waals surface area contributed by atoms with E-state index in [1.54, 1.807) is 41.8 Å². The Hall–Kier alpha value is -3.12. The highest BCUT2D eigenvalue weighted by Gasteiger charge is 2.12. The summed E-state index contributed by atoms with van der Waals surface area (Å²) in [5.41, 5.74) is 1.57. The first kappa shape index (κ1) is 20.2. The quantitative estimate of drug-likeness (QED) is 0.200. The maximum Gasteiger partial charge on any atom is 0.207 e. The van der Waals surface area contributed by atoms with Crippen molar-refractivity contribution in [2.24, 2.45) is 5.10 Å². The van der Waals surface area contributed by atoms with E-state index in [0.29, 0.717) is 5.56 Å². The van der Waals surface area contributed by atoms with Gasteiger partial charge in [0.1, 0.15) is 11.5 Å². The van der Waals surface area contributed by atoms with Crippen LogP contribution in [0.4, 0.5) is 5.13 Å². The summed E-state index contributed by atoms with van der Waals surface area (Å²) in [6.07, 6.45) is 6.23. The largest absolute Gasteiger partial charge is 0.508 e. The smallest absolute Gasteiger partial charge is 0.207 e. The van der Waals surface area contributed by atoms with Gasteiger partial charge in [0.05, 0.1) is 16.4 Å². The molecule has 4 aromatic rings. The lowest BCUT2D eigenvalue weighted by Crippen LogP contribution is -2.18. The Bertz CT molecular complexity index is 1150. The van der Waals surface area contributed by atoms with Crippen molar-refractivity contribution in [3.8, 4) is 11.5 Å². The number of phenols is 2. The number of anilines is 1. The van der Waals surface area contributed by atoms with E-state index >= 15 is 0 Å². The normalized spacial score (nSPS) is 11.6. The predicted octanol–water partition coefficient (Wildman–Crippen LogP) is 6.28. The van der Waals surface area contributed by atoms with Crippen molar-refractivity contribution in [3.63, 3.8) is 0 Å². The molecule has 0 radical (unpaired) electrons. The van der Waals surface area contributed by atoms with Crippen LogP contribution >= 0.6 is 11.3 Å². The molecule has 0 aliphatic heterocycles. The van der Waals surface area contributed by atoms with Crippen molar-refractivity contribution < 1.29 is 10.2 Å². The monoisotopic (exact) mass is 419 g/mol. The average molecular weight is 420 g/mol. The highest BCUT2D eigenvalue weighted by atomic mass is 32.1. The number of nitrogens with zero attached hydrogens (tertiary/aromatic N) is 3. The first-order valence-corrected chi connectivity index (χ1v) is 11.1. The van der Waals surface area contributed by atoms with Crippen molar-refractivity contribution in [3.05, 3.63) is 60.2 Å². The summed E-state index contributed by atoms with van der Waals surface area (Å²) >= 11 is 1.62. The van der Waals surface area contributed by atoms with Gasteiger partial charge < -0.3 is 10.2 Å². The number of fused-ring (bicyclic) bond motifs is 2. The number of para-hydroxylation sites is 1. The minimum atomic E-state index is 0.159. The summed E-state index contributed by atoms with van der Waals surface area (Å²) in [7, 11) is 0. The van der Waals surface area contributed by atoms with Crippen LogP contribution in [0.5, 0.6) is 11.5 Å². The summed E-state index contributed by atoms with van der Waals surface area (Å²) in [4.78, 5) is 4.74. The van der Waals surface area contributed by atoms with Crippen molar-refractivity contribution >= 4 is 43.7 Å². The minimum absolute atomic E-state index is 0.159. The molecule has 6 heteroatoms. The number of thiazole rings is 1. The molecular formula is C24H25N3O2S. The summed E-state index contributed by atoms with van der Waals surface area (Å²) in [6, 6.07) is 16.7. The fraction of sp³-hybridized carbons (Fsp3) is 0.250. The standard InChI is InChI=1S/C24H25N3O2S/c1-2-3-4-7-12-27(24-26-21-8-5-6-9-23(21)30-24)25-16-19-13-18-14-20(28)11-10-17(18)15-22(19)29/h5-6,8-11,13-16,28-29H,2-4,7,12H2,1H3. The molecule has 154 valence electrons. The fourth-order valence-corrected chi connectivity index (χ4v) is 4.34. The molecule has 0 aliphatic carbocycles. The van der Waals surface area contributed by atoms with Gasteiger partial charge in [0.25, 0.3) is 0 Å². The number of rotatable bonds is 8. The number of aromatic nitrogens is 1. The van der Waals surface area contributed by atoms with E-state index in [-0.39, 0.29) is 11.5 Å². The van der Waals surface area contributed by atoms with Gasteiger partial charge in [-0.2, -0.15) is 5.10 Å². The van der Waals surface area contributed by atoms with Gasteiger partial charge in [-0.3, -0.25) is 0 Å². The third-order valence-electron chi connectivity index (χ3n) is 5.03. The number of hydrazone groups is 1. The zero-order valence-electron chi connectivity index (χ0n) is 17.0. The molecule has 0 amide bonds. The summed E-state index contributed by atoms with van der Waals surface area (Å²) in [5, 5.41) is 29.4. The Labute approximate surface area is 179 Å². The van der Waals surface area contributed by atoms with Crippen LogP contribution in [0.1, 0.15) is 38.2 Å². The fourth-order valence-electron chi connectivity index (χ4n) is 3.39. The van der Waals surface area contributed by atoms with E-state index in [1.165, 1.54) is 12.8 Å². The number of hydrogen-bond donors (Lipinski definition) is 2. The number of phenolic OH excluding ortho intramolecular Hbond substituents is 2. The van der Waals surface area contributed by atoms with Crippen LogP contribution in [-0.2, 0) is 0 Å². The summed E-state index contributed by atoms with van der Waals surface area (Å²) < 4.78 is 1.13. The van der Waals surface area contributed by atoms with Gasteiger partial charge in [0.15, 0.2) is 0 Å². The molecule has 1 heterocycles. The molecule has 0 spiro atoms. The maximum absolute atomic E-state index is 10.4. The molecule has 4 rings (SSSR count). The molecule has 0 unspecified atom stereocenters. The van der Waals surface area contributed by atoms with E-state index in [2.05, 4.69) is 18.1 Å². The zero-order chi connectivity index (χ0) is 20.9. The average Bonchev–Trinajstić information content (AvgIpc) is 3.17. The molecule has 0 bridgehead atoms. The number of hydrogen-bond acceptors (Lipinski definition) is 6. The summed E-state index contributed by atoms with van der Waals surface area (Å²) in [6.45, 7) is 2.97. The van der Waals surface area contributed by atoms with Crippen LogP contribution in [0, 0.1) is 0 Å². The third-order valence-corrected chi connectivity index (χ3v) is 6.08. The predicted molar refractivity (Wildman–Crippen MR) is 126 cm³/mol. The highest BCUT2D eigenvalue weighted by Crippen LogP contribution is 2.30. The Morgan fingerprint density at radius 2 is 1.87 bits per heavy atom. The Balaban J connectivity index is 1.64. The van der Waals surface area contributed by atoms with E-state index in [4.69, 9.17) is 4.98 Å². The molecule has 30 heavy (non-hydrogen) atoms. The van der Waals surface area contributed by atoms with Gasteiger partial charge in [-0.15, -0.1) is 0 Å². The van der Waals surface area contributed by atoms with Crippen LogP contribution in [0.25, 0.3) is 21.0 Å². The lowest BCUT2D eigenvalue weighted by molar-refractivity contribution is 0.473. The molecule has 0 saturated carbocycles. The topological polar surface area (TPSA) is 69.0 Å².